The molecule has 1 aromatic heterocycles. The van der Waals surface area contributed by atoms with E-state index in [1.54, 1.807) is 0 Å². The van der Waals surface area contributed by atoms with Crippen LogP contribution >= 0.6 is 0 Å². The lowest BCUT2D eigenvalue weighted by molar-refractivity contribution is -0.121. The Morgan fingerprint density at radius 1 is 0.929 bits per heavy atom. The second-order valence-electron chi connectivity index (χ2n) is 6.16. The highest BCUT2D eigenvalue weighted by Gasteiger charge is 2.30. The van der Waals surface area contributed by atoms with Gasteiger partial charge in [0, 0.05) is 12.8 Å². The van der Waals surface area contributed by atoms with Crippen molar-refractivity contribution in [2.45, 2.75) is 17.7 Å². The van der Waals surface area contributed by atoms with Crippen LogP contribution in [0.2, 0.25) is 0 Å². The summed E-state index contributed by atoms with van der Waals surface area (Å²) in [6.07, 6.45) is 1.75. The molecule has 28 heavy (non-hydrogen) atoms. The van der Waals surface area contributed by atoms with Gasteiger partial charge in [-0.2, -0.15) is 0 Å². The molecule has 0 radical (unpaired) electrons. The molecule has 1 aliphatic heterocycles. The first-order chi connectivity index (χ1) is 13.5. The fourth-order valence-electron chi connectivity index (χ4n) is 2.96. The first kappa shape index (κ1) is 17.9. The van der Waals surface area contributed by atoms with E-state index in [0.717, 1.165) is 10.5 Å². The van der Waals surface area contributed by atoms with Crippen molar-refractivity contribution in [1.82, 2.24) is 5.16 Å². The monoisotopic (exact) mass is 397 g/mol. The molecule has 0 aliphatic carbocycles. The van der Waals surface area contributed by atoms with Crippen molar-refractivity contribution in [2.24, 2.45) is 0 Å². The molecule has 8 nitrogen and oxygen atoms in total. The van der Waals surface area contributed by atoms with Gasteiger partial charge in [-0.1, -0.05) is 35.5 Å². The number of sulfonamides is 1. The van der Waals surface area contributed by atoms with Crippen LogP contribution in [0.3, 0.4) is 0 Å². The fourth-order valence-corrected chi connectivity index (χ4v) is 3.96. The van der Waals surface area contributed by atoms with Gasteiger partial charge in [-0.25, -0.2) is 13.1 Å². The average molecular weight is 397 g/mol. The van der Waals surface area contributed by atoms with Gasteiger partial charge in [-0.05, 0) is 29.8 Å². The number of hydrogen-bond donors (Lipinski definition) is 1. The molecular formula is C19H15N3O5S. The molecule has 1 aliphatic rings. The number of benzene rings is 2. The Labute approximate surface area is 160 Å². The predicted molar refractivity (Wildman–Crippen MR) is 101 cm³/mol. The summed E-state index contributed by atoms with van der Waals surface area (Å²) in [5.74, 6) is -0.596. The minimum Gasteiger partial charge on any atom is -0.337 e. The van der Waals surface area contributed by atoms with E-state index in [1.807, 2.05) is 30.3 Å². The molecule has 0 spiro atoms. The maximum atomic E-state index is 12.7. The van der Waals surface area contributed by atoms with Gasteiger partial charge in [0.15, 0.2) is 0 Å². The van der Waals surface area contributed by atoms with Gasteiger partial charge >= 0.3 is 0 Å². The summed E-state index contributed by atoms with van der Waals surface area (Å²) in [4.78, 5) is 24.6. The molecule has 0 bridgehead atoms. The Morgan fingerprint density at radius 3 is 2.21 bits per heavy atom. The fraction of sp³-hybridized carbons (Fsp3) is 0.105. The van der Waals surface area contributed by atoms with Crippen LogP contribution < -0.4 is 9.62 Å². The van der Waals surface area contributed by atoms with Crippen LogP contribution in [0.15, 0.2) is 70.2 Å². The van der Waals surface area contributed by atoms with Crippen LogP contribution in [-0.4, -0.2) is 25.4 Å². The third-order valence-electron chi connectivity index (χ3n) is 4.34. The highest BCUT2D eigenvalue weighted by atomic mass is 32.2. The lowest BCUT2D eigenvalue weighted by atomic mass is 10.1. The predicted octanol–water partition coefficient (Wildman–Crippen LogP) is 2.80. The van der Waals surface area contributed by atoms with Crippen molar-refractivity contribution >= 4 is 33.4 Å². The zero-order valence-corrected chi connectivity index (χ0v) is 15.3. The Bertz CT molecular complexity index is 1120. The van der Waals surface area contributed by atoms with E-state index < -0.39 is 10.0 Å². The van der Waals surface area contributed by atoms with Crippen molar-refractivity contribution in [3.8, 4) is 11.1 Å². The molecule has 142 valence electrons. The van der Waals surface area contributed by atoms with Crippen LogP contribution in [-0.2, 0) is 19.6 Å². The third-order valence-corrected chi connectivity index (χ3v) is 5.69. The quantitative estimate of drug-likeness (QED) is 0.663. The van der Waals surface area contributed by atoms with E-state index in [1.165, 1.54) is 30.5 Å². The zero-order chi connectivity index (χ0) is 19.7. The van der Waals surface area contributed by atoms with Gasteiger partial charge in [0.05, 0.1) is 22.3 Å². The van der Waals surface area contributed by atoms with Crippen molar-refractivity contribution in [3.63, 3.8) is 0 Å². The normalized spacial score (nSPS) is 14.5. The highest BCUT2D eigenvalue weighted by Crippen LogP contribution is 2.30. The number of imide groups is 1. The standard InChI is InChI=1S/C19H15N3O5S/c23-17-10-11-18(24)22(17)14-6-8-15(9-7-14)28(25,26)21-19-16(12-20-27-19)13-4-2-1-3-5-13/h1-9,12,21H,10-11H2. The van der Waals surface area contributed by atoms with Gasteiger partial charge in [0.25, 0.3) is 10.0 Å². The number of anilines is 2. The van der Waals surface area contributed by atoms with Gasteiger partial charge in [0.2, 0.25) is 17.7 Å². The summed E-state index contributed by atoms with van der Waals surface area (Å²) in [6, 6.07) is 14.6. The van der Waals surface area contributed by atoms with E-state index >= 15 is 0 Å². The van der Waals surface area contributed by atoms with Crippen LogP contribution in [0.4, 0.5) is 11.6 Å². The summed E-state index contributed by atoms with van der Waals surface area (Å²) in [6.45, 7) is 0. The van der Waals surface area contributed by atoms with Crippen molar-refractivity contribution < 1.29 is 22.5 Å². The number of hydrogen-bond acceptors (Lipinski definition) is 6. The molecule has 9 heteroatoms. The molecule has 2 amide bonds. The van der Waals surface area contributed by atoms with E-state index in [2.05, 4.69) is 9.88 Å². The maximum Gasteiger partial charge on any atom is 0.264 e. The average Bonchev–Trinajstić information content (AvgIpc) is 3.28. The number of nitrogens with one attached hydrogen (secondary N) is 1. The Morgan fingerprint density at radius 2 is 1.57 bits per heavy atom. The minimum atomic E-state index is -3.95. The van der Waals surface area contributed by atoms with E-state index in [0.29, 0.717) is 11.3 Å². The smallest absolute Gasteiger partial charge is 0.264 e. The Kier molecular flexibility index (Phi) is 4.44. The number of aromatic nitrogens is 1. The zero-order valence-electron chi connectivity index (χ0n) is 14.5. The third kappa shape index (κ3) is 3.27. The van der Waals surface area contributed by atoms with E-state index in [-0.39, 0.29) is 35.4 Å². The summed E-state index contributed by atoms with van der Waals surface area (Å²) < 4.78 is 32.9. The summed E-state index contributed by atoms with van der Waals surface area (Å²) in [5, 5.41) is 3.68. The van der Waals surface area contributed by atoms with Crippen LogP contribution in [0.5, 0.6) is 0 Å². The van der Waals surface area contributed by atoms with E-state index in [9.17, 15) is 18.0 Å². The Hall–Kier alpha value is -3.46. The lowest BCUT2D eigenvalue weighted by Crippen LogP contribution is -2.28. The number of amides is 2. The van der Waals surface area contributed by atoms with Crippen molar-refractivity contribution in [3.05, 3.63) is 60.8 Å². The molecule has 4 rings (SSSR count). The molecule has 1 N–H and O–H groups in total. The van der Waals surface area contributed by atoms with Crippen LogP contribution in [0.25, 0.3) is 11.1 Å². The van der Waals surface area contributed by atoms with Gasteiger partial charge in [-0.3, -0.25) is 14.5 Å². The summed E-state index contributed by atoms with van der Waals surface area (Å²) >= 11 is 0. The van der Waals surface area contributed by atoms with Crippen molar-refractivity contribution in [1.29, 1.82) is 0 Å². The van der Waals surface area contributed by atoms with Gasteiger partial charge in [-0.15, -0.1) is 0 Å². The molecule has 1 fully saturated rings. The number of rotatable bonds is 5. The molecule has 2 heterocycles. The maximum absolute atomic E-state index is 12.7. The summed E-state index contributed by atoms with van der Waals surface area (Å²) in [7, 11) is -3.95. The molecule has 2 aromatic carbocycles. The SMILES string of the molecule is O=C1CCC(=O)N1c1ccc(S(=O)(=O)Nc2oncc2-c2ccccc2)cc1. The van der Waals surface area contributed by atoms with Crippen molar-refractivity contribution in [2.75, 3.05) is 9.62 Å². The first-order valence-electron chi connectivity index (χ1n) is 8.44. The molecule has 0 unspecified atom stereocenters. The number of carbonyl (C=O) groups excluding carboxylic acids is 2. The van der Waals surface area contributed by atoms with E-state index in [4.69, 9.17) is 4.52 Å². The molecule has 1 saturated heterocycles. The molecule has 0 atom stereocenters. The van der Waals surface area contributed by atoms with Crippen LogP contribution in [0.1, 0.15) is 12.8 Å². The Balaban J connectivity index is 1.59. The minimum absolute atomic E-state index is 0.000162. The molecule has 0 saturated carbocycles. The lowest BCUT2D eigenvalue weighted by Gasteiger charge is -2.14. The van der Waals surface area contributed by atoms with Crippen LogP contribution in [0, 0.1) is 0 Å². The molecule has 3 aromatic rings. The second-order valence-corrected chi connectivity index (χ2v) is 7.84. The summed E-state index contributed by atoms with van der Waals surface area (Å²) in [5.41, 5.74) is 1.60. The molecular weight excluding hydrogens is 382 g/mol. The number of carbonyl (C=O) groups is 2. The van der Waals surface area contributed by atoms with Gasteiger partial charge < -0.3 is 4.52 Å². The van der Waals surface area contributed by atoms with Gasteiger partial charge in [0.1, 0.15) is 0 Å². The number of nitrogens with zero attached hydrogens (tertiary/aromatic N) is 2. The highest BCUT2D eigenvalue weighted by molar-refractivity contribution is 7.92. The largest absolute Gasteiger partial charge is 0.337 e. The topological polar surface area (TPSA) is 110 Å². The second kappa shape index (κ2) is 6.93. The first-order valence-corrected chi connectivity index (χ1v) is 9.93.